The first-order chi connectivity index (χ1) is 10.5. The molecule has 2 rings (SSSR count). The third kappa shape index (κ3) is 3.82. The number of carbonyl (C=O) groups is 2. The van der Waals surface area contributed by atoms with Crippen molar-refractivity contribution >= 4 is 23.3 Å². The zero-order chi connectivity index (χ0) is 16.1. The maximum atomic E-state index is 13.4. The summed E-state index contributed by atoms with van der Waals surface area (Å²) in [5.41, 5.74) is 6.35. The number of hydrogen-bond acceptors (Lipinski definition) is 4. The molecule has 0 aliphatic rings. The van der Waals surface area contributed by atoms with Crippen molar-refractivity contribution in [3.8, 4) is 0 Å². The lowest BCUT2D eigenvalue weighted by Crippen LogP contribution is -2.30. The predicted molar refractivity (Wildman–Crippen MR) is 80.8 cm³/mol. The molecule has 0 aliphatic carbocycles. The number of nitrogens with two attached hydrogens (primary N) is 1. The van der Waals surface area contributed by atoms with Gasteiger partial charge in [-0.2, -0.15) is 0 Å². The van der Waals surface area contributed by atoms with E-state index in [1.165, 1.54) is 37.3 Å². The Morgan fingerprint density at radius 2 is 1.77 bits per heavy atom. The second-order valence-electron chi connectivity index (χ2n) is 4.64. The number of amides is 1. The van der Waals surface area contributed by atoms with Crippen LogP contribution in [0.15, 0.2) is 48.5 Å². The van der Waals surface area contributed by atoms with E-state index in [9.17, 15) is 14.0 Å². The molecule has 2 aromatic carbocycles. The van der Waals surface area contributed by atoms with Crippen LogP contribution in [0.2, 0.25) is 0 Å². The molecule has 0 heterocycles. The van der Waals surface area contributed by atoms with Crippen LogP contribution in [0.5, 0.6) is 0 Å². The molecular formula is C16H15FN2O3. The lowest BCUT2D eigenvalue weighted by molar-refractivity contribution is -0.123. The fourth-order valence-corrected chi connectivity index (χ4v) is 1.70. The van der Waals surface area contributed by atoms with Crippen LogP contribution in [0.3, 0.4) is 0 Å². The lowest BCUT2D eigenvalue weighted by Gasteiger charge is -2.14. The maximum Gasteiger partial charge on any atom is 0.338 e. The molecule has 0 bridgehead atoms. The van der Waals surface area contributed by atoms with Crippen LogP contribution in [-0.2, 0) is 9.53 Å². The van der Waals surface area contributed by atoms with Crippen LogP contribution in [0.1, 0.15) is 17.3 Å². The van der Waals surface area contributed by atoms with Crippen molar-refractivity contribution in [2.75, 3.05) is 11.1 Å². The van der Waals surface area contributed by atoms with Crippen molar-refractivity contribution in [3.05, 3.63) is 59.9 Å². The van der Waals surface area contributed by atoms with Crippen LogP contribution < -0.4 is 11.1 Å². The molecule has 0 radical (unpaired) electrons. The lowest BCUT2D eigenvalue weighted by atomic mass is 10.2. The van der Waals surface area contributed by atoms with Crippen LogP contribution in [-0.4, -0.2) is 18.0 Å². The Kier molecular flexibility index (Phi) is 4.73. The van der Waals surface area contributed by atoms with Gasteiger partial charge in [-0.15, -0.1) is 0 Å². The number of nitrogen functional groups attached to an aromatic ring is 1. The average molecular weight is 302 g/mol. The molecule has 114 valence electrons. The summed E-state index contributed by atoms with van der Waals surface area (Å²) >= 11 is 0. The fourth-order valence-electron chi connectivity index (χ4n) is 1.70. The highest BCUT2D eigenvalue weighted by atomic mass is 19.1. The molecule has 6 heteroatoms. The van der Waals surface area contributed by atoms with E-state index in [-0.39, 0.29) is 11.3 Å². The van der Waals surface area contributed by atoms with Gasteiger partial charge in [-0.25, -0.2) is 9.18 Å². The predicted octanol–water partition coefficient (Wildman–Crippen LogP) is 2.59. The van der Waals surface area contributed by atoms with Crippen molar-refractivity contribution in [1.29, 1.82) is 0 Å². The Balaban J connectivity index is 1.98. The Hall–Kier alpha value is -2.89. The SMILES string of the molecule is C[C@H](OC(=O)c1ccc(N)cc1)C(=O)Nc1ccccc1F. The highest BCUT2D eigenvalue weighted by Gasteiger charge is 2.19. The van der Waals surface area contributed by atoms with E-state index >= 15 is 0 Å². The zero-order valence-corrected chi connectivity index (χ0v) is 11.9. The minimum absolute atomic E-state index is 0.0304. The molecule has 0 spiro atoms. The molecule has 0 aromatic heterocycles. The van der Waals surface area contributed by atoms with Gasteiger partial charge in [0.2, 0.25) is 0 Å². The van der Waals surface area contributed by atoms with Crippen molar-refractivity contribution in [2.24, 2.45) is 0 Å². The van der Waals surface area contributed by atoms with E-state index in [0.717, 1.165) is 0 Å². The first kappa shape index (κ1) is 15.5. The molecule has 5 nitrogen and oxygen atoms in total. The second kappa shape index (κ2) is 6.71. The van der Waals surface area contributed by atoms with E-state index in [4.69, 9.17) is 10.5 Å². The number of benzene rings is 2. The van der Waals surface area contributed by atoms with Gasteiger partial charge >= 0.3 is 5.97 Å². The summed E-state index contributed by atoms with van der Waals surface area (Å²) in [7, 11) is 0. The van der Waals surface area contributed by atoms with Crippen molar-refractivity contribution in [3.63, 3.8) is 0 Å². The van der Waals surface area contributed by atoms with Crippen molar-refractivity contribution < 1.29 is 18.7 Å². The van der Waals surface area contributed by atoms with Crippen LogP contribution >= 0.6 is 0 Å². The molecule has 22 heavy (non-hydrogen) atoms. The molecule has 0 fully saturated rings. The van der Waals surface area contributed by atoms with Crippen LogP contribution in [0.4, 0.5) is 15.8 Å². The monoisotopic (exact) mass is 302 g/mol. The zero-order valence-electron chi connectivity index (χ0n) is 11.9. The van der Waals surface area contributed by atoms with Gasteiger partial charge in [0, 0.05) is 5.69 Å². The van der Waals surface area contributed by atoms with Gasteiger partial charge < -0.3 is 15.8 Å². The third-order valence-corrected chi connectivity index (χ3v) is 2.93. The molecule has 0 saturated carbocycles. The van der Waals surface area contributed by atoms with Gasteiger partial charge in [-0.3, -0.25) is 4.79 Å². The molecule has 0 unspecified atom stereocenters. The summed E-state index contributed by atoms with van der Waals surface area (Å²) in [6.07, 6.45) is -1.07. The molecule has 2 aromatic rings. The Labute approximate surface area is 126 Å². The van der Waals surface area contributed by atoms with Gasteiger partial charge in [0.05, 0.1) is 11.3 Å². The number of nitrogens with one attached hydrogen (secondary N) is 1. The van der Waals surface area contributed by atoms with E-state index in [0.29, 0.717) is 5.69 Å². The number of rotatable bonds is 4. The summed E-state index contributed by atoms with van der Waals surface area (Å²) in [5.74, 6) is -1.84. The molecule has 0 saturated heterocycles. The first-order valence-electron chi connectivity index (χ1n) is 6.59. The molecule has 1 amide bonds. The van der Waals surface area contributed by atoms with Gasteiger partial charge in [-0.05, 0) is 43.3 Å². The Morgan fingerprint density at radius 3 is 2.41 bits per heavy atom. The quantitative estimate of drug-likeness (QED) is 0.672. The van der Waals surface area contributed by atoms with Gasteiger partial charge in [0.25, 0.3) is 5.91 Å². The van der Waals surface area contributed by atoms with E-state index in [2.05, 4.69) is 5.32 Å². The smallest absolute Gasteiger partial charge is 0.338 e. The first-order valence-corrected chi connectivity index (χ1v) is 6.59. The largest absolute Gasteiger partial charge is 0.449 e. The molecule has 1 atom stereocenters. The maximum absolute atomic E-state index is 13.4. The Morgan fingerprint density at radius 1 is 1.14 bits per heavy atom. The van der Waals surface area contributed by atoms with E-state index in [1.807, 2.05) is 0 Å². The topological polar surface area (TPSA) is 81.4 Å². The number of carbonyl (C=O) groups excluding carboxylic acids is 2. The summed E-state index contributed by atoms with van der Waals surface area (Å²) in [4.78, 5) is 23.8. The van der Waals surface area contributed by atoms with E-state index in [1.54, 1.807) is 18.2 Å². The van der Waals surface area contributed by atoms with Crippen molar-refractivity contribution in [1.82, 2.24) is 0 Å². The Bertz CT molecular complexity index is 686. The summed E-state index contributed by atoms with van der Waals surface area (Å²) in [5, 5.41) is 2.36. The molecular weight excluding hydrogens is 287 g/mol. The van der Waals surface area contributed by atoms with Gasteiger partial charge in [0.15, 0.2) is 6.10 Å². The second-order valence-corrected chi connectivity index (χ2v) is 4.64. The van der Waals surface area contributed by atoms with Gasteiger partial charge in [-0.1, -0.05) is 12.1 Å². The summed E-state index contributed by atoms with van der Waals surface area (Å²) < 4.78 is 18.5. The third-order valence-electron chi connectivity index (χ3n) is 2.93. The standard InChI is InChI=1S/C16H15FN2O3/c1-10(15(20)19-14-5-3-2-4-13(14)17)22-16(21)11-6-8-12(18)9-7-11/h2-10H,18H2,1H3,(H,19,20)/t10-/m0/s1. The van der Waals surface area contributed by atoms with E-state index < -0.39 is 23.8 Å². The molecule has 0 aliphatic heterocycles. The summed E-state index contributed by atoms with van der Waals surface area (Å²) in [6, 6.07) is 11.8. The molecule has 3 N–H and O–H groups in total. The minimum atomic E-state index is -1.07. The van der Waals surface area contributed by atoms with Crippen LogP contribution in [0, 0.1) is 5.82 Å². The average Bonchev–Trinajstić information content (AvgIpc) is 2.50. The minimum Gasteiger partial charge on any atom is -0.449 e. The number of esters is 1. The number of ether oxygens (including phenoxy) is 1. The normalized spacial score (nSPS) is 11.5. The number of hydrogen-bond donors (Lipinski definition) is 2. The van der Waals surface area contributed by atoms with Gasteiger partial charge in [0.1, 0.15) is 5.82 Å². The highest BCUT2D eigenvalue weighted by Crippen LogP contribution is 2.14. The van der Waals surface area contributed by atoms with Crippen LogP contribution in [0.25, 0.3) is 0 Å². The summed E-state index contributed by atoms with van der Waals surface area (Å²) in [6.45, 7) is 1.41. The number of halogens is 1. The number of para-hydroxylation sites is 1. The van der Waals surface area contributed by atoms with Crippen molar-refractivity contribution in [2.45, 2.75) is 13.0 Å². The highest BCUT2D eigenvalue weighted by molar-refractivity contribution is 5.97. The fraction of sp³-hybridized carbons (Fsp3) is 0.125. The number of anilines is 2.